The maximum absolute atomic E-state index is 12.7. The minimum absolute atomic E-state index is 0.113. The second-order valence-electron chi connectivity index (χ2n) is 6.53. The Morgan fingerprint density at radius 3 is 1.94 bits per heavy atom. The van der Waals surface area contributed by atoms with Gasteiger partial charge in [-0.3, -0.25) is 4.79 Å². The molecular weight excluding hydrogens is 534 g/mol. The molecule has 0 saturated carbocycles. The van der Waals surface area contributed by atoms with Gasteiger partial charge in [0.15, 0.2) is 18.1 Å². The third kappa shape index (κ3) is 6.13. The molecule has 1 N–H and O–H groups in total. The van der Waals surface area contributed by atoms with E-state index in [-0.39, 0.29) is 17.1 Å². The standard InChI is InChI=1S/C22H25Br2NO6/c1-5-6-7-13-8-10-14(11-9-13)25-15(26)12-31-22(27)16-17(23)19(28-2)21(30-4)20(29-3)18(16)24/h8-11H,5-7,12H2,1-4H3,(H,25,26). The van der Waals surface area contributed by atoms with Gasteiger partial charge in [0.25, 0.3) is 5.91 Å². The van der Waals surface area contributed by atoms with E-state index in [2.05, 4.69) is 44.1 Å². The van der Waals surface area contributed by atoms with Crippen LogP contribution in [0.2, 0.25) is 0 Å². The van der Waals surface area contributed by atoms with Gasteiger partial charge in [-0.05, 0) is 62.4 Å². The molecule has 2 aromatic carbocycles. The van der Waals surface area contributed by atoms with Crippen molar-refractivity contribution in [2.24, 2.45) is 0 Å². The van der Waals surface area contributed by atoms with Crippen LogP contribution in [-0.4, -0.2) is 39.8 Å². The van der Waals surface area contributed by atoms with Gasteiger partial charge in [-0.2, -0.15) is 0 Å². The lowest BCUT2D eigenvalue weighted by Gasteiger charge is -2.18. The Morgan fingerprint density at radius 2 is 1.45 bits per heavy atom. The molecule has 2 aromatic rings. The summed E-state index contributed by atoms with van der Waals surface area (Å²) >= 11 is 6.68. The van der Waals surface area contributed by atoms with Gasteiger partial charge in [-0.1, -0.05) is 25.5 Å². The number of unbranched alkanes of at least 4 members (excludes halogenated alkanes) is 1. The van der Waals surface area contributed by atoms with E-state index in [0.29, 0.717) is 20.4 Å². The van der Waals surface area contributed by atoms with E-state index in [1.165, 1.54) is 26.9 Å². The first kappa shape index (κ1) is 25.0. The van der Waals surface area contributed by atoms with Gasteiger partial charge in [0.1, 0.15) is 0 Å². The Morgan fingerprint density at radius 1 is 0.903 bits per heavy atom. The molecule has 9 heteroatoms. The highest BCUT2D eigenvalue weighted by molar-refractivity contribution is 9.11. The Bertz CT molecular complexity index is 900. The third-order valence-corrected chi connectivity index (χ3v) is 5.97. The number of nitrogens with one attached hydrogen (secondary N) is 1. The Labute approximate surface area is 198 Å². The number of benzene rings is 2. The van der Waals surface area contributed by atoms with E-state index in [4.69, 9.17) is 18.9 Å². The number of aryl methyl sites for hydroxylation is 1. The second kappa shape index (κ2) is 12.0. The van der Waals surface area contributed by atoms with Gasteiger partial charge in [-0.15, -0.1) is 0 Å². The molecule has 0 atom stereocenters. The van der Waals surface area contributed by atoms with Crippen molar-refractivity contribution in [2.75, 3.05) is 33.3 Å². The van der Waals surface area contributed by atoms with E-state index in [0.717, 1.165) is 19.3 Å². The second-order valence-corrected chi connectivity index (χ2v) is 8.11. The van der Waals surface area contributed by atoms with Gasteiger partial charge in [-0.25, -0.2) is 4.79 Å². The molecule has 0 aliphatic heterocycles. The summed E-state index contributed by atoms with van der Waals surface area (Å²) in [5.74, 6) is -0.345. The van der Waals surface area contributed by atoms with Crippen molar-refractivity contribution in [1.29, 1.82) is 0 Å². The van der Waals surface area contributed by atoms with Crippen LogP contribution >= 0.6 is 31.9 Å². The predicted octanol–water partition coefficient (Wildman–Crippen LogP) is 5.38. The Balaban J connectivity index is 2.09. The molecule has 31 heavy (non-hydrogen) atoms. The number of esters is 1. The maximum atomic E-state index is 12.7. The summed E-state index contributed by atoms with van der Waals surface area (Å²) in [6.07, 6.45) is 3.25. The van der Waals surface area contributed by atoms with E-state index in [9.17, 15) is 9.59 Å². The number of methoxy groups -OCH3 is 3. The zero-order valence-electron chi connectivity index (χ0n) is 17.8. The number of carbonyl (C=O) groups is 2. The molecule has 2 rings (SSSR count). The van der Waals surface area contributed by atoms with E-state index >= 15 is 0 Å². The van der Waals surface area contributed by atoms with Crippen LogP contribution in [0.3, 0.4) is 0 Å². The number of rotatable bonds is 10. The summed E-state index contributed by atoms with van der Waals surface area (Å²) in [6.45, 7) is 1.69. The number of carbonyl (C=O) groups excluding carboxylic acids is 2. The number of hydrogen-bond acceptors (Lipinski definition) is 6. The maximum Gasteiger partial charge on any atom is 0.341 e. The minimum atomic E-state index is -0.733. The first-order valence-corrected chi connectivity index (χ1v) is 11.2. The normalized spacial score (nSPS) is 10.4. The smallest absolute Gasteiger partial charge is 0.341 e. The topological polar surface area (TPSA) is 83.1 Å². The highest BCUT2D eigenvalue weighted by Gasteiger charge is 2.29. The average molecular weight is 559 g/mol. The summed E-state index contributed by atoms with van der Waals surface area (Å²) in [6, 6.07) is 7.61. The van der Waals surface area contributed by atoms with Crippen molar-refractivity contribution in [1.82, 2.24) is 0 Å². The fourth-order valence-electron chi connectivity index (χ4n) is 2.89. The quantitative estimate of drug-likeness (QED) is 0.394. The van der Waals surface area contributed by atoms with Gasteiger partial charge < -0.3 is 24.3 Å². The van der Waals surface area contributed by atoms with Crippen LogP contribution < -0.4 is 19.5 Å². The number of ether oxygens (including phenoxy) is 4. The molecule has 0 aromatic heterocycles. The molecule has 0 spiro atoms. The largest absolute Gasteiger partial charge is 0.492 e. The fourth-order valence-corrected chi connectivity index (χ4v) is 4.56. The molecule has 0 bridgehead atoms. The van der Waals surface area contributed by atoms with Gasteiger partial charge in [0.05, 0.1) is 35.8 Å². The van der Waals surface area contributed by atoms with Crippen LogP contribution in [0.5, 0.6) is 17.2 Å². The summed E-state index contributed by atoms with van der Waals surface area (Å²) in [5, 5.41) is 2.72. The first-order chi connectivity index (χ1) is 14.9. The molecule has 0 radical (unpaired) electrons. The average Bonchev–Trinajstić information content (AvgIpc) is 2.76. The molecule has 0 aliphatic rings. The first-order valence-electron chi connectivity index (χ1n) is 9.60. The molecule has 1 amide bonds. The lowest BCUT2D eigenvalue weighted by atomic mass is 10.1. The zero-order valence-corrected chi connectivity index (χ0v) is 21.0. The SMILES string of the molecule is CCCCc1ccc(NC(=O)COC(=O)c2c(Br)c(OC)c(OC)c(OC)c2Br)cc1. The van der Waals surface area contributed by atoms with E-state index in [1.54, 1.807) is 0 Å². The molecular formula is C22H25Br2NO6. The Hall–Kier alpha value is -2.26. The van der Waals surface area contributed by atoms with Crippen molar-refractivity contribution in [3.05, 3.63) is 44.3 Å². The number of anilines is 1. The molecule has 168 valence electrons. The summed E-state index contributed by atoms with van der Waals surface area (Å²) < 4.78 is 21.8. The minimum Gasteiger partial charge on any atom is -0.492 e. The molecule has 0 unspecified atom stereocenters. The van der Waals surface area contributed by atoms with Crippen molar-refractivity contribution in [3.63, 3.8) is 0 Å². The zero-order chi connectivity index (χ0) is 23.0. The van der Waals surface area contributed by atoms with Crippen LogP contribution in [0.15, 0.2) is 33.2 Å². The molecule has 0 fully saturated rings. The molecule has 0 aliphatic carbocycles. The van der Waals surface area contributed by atoms with Crippen LogP contribution in [-0.2, 0) is 16.0 Å². The molecule has 0 saturated heterocycles. The van der Waals surface area contributed by atoms with Crippen molar-refractivity contribution in [3.8, 4) is 17.2 Å². The van der Waals surface area contributed by atoms with Crippen LogP contribution in [0.1, 0.15) is 35.7 Å². The third-order valence-electron chi connectivity index (χ3n) is 4.46. The van der Waals surface area contributed by atoms with Crippen LogP contribution in [0.25, 0.3) is 0 Å². The van der Waals surface area contributed by atoms with Crippen LogP contribution in [0.4, 0.5) is 5.69 Å². The van der Waals surface area contributed by atoms with Crippen molar-refractivity contribution < 1.29 is 28.5 Å². The Kier molecular flexibility index (Phi) is 9.64. The van der Waals surface area contributed by atoms with E-state index < -0.39 is 18.5 Å². The summed E-state index contributed by atoms with van der Waals surface area (Å²) in [4.78, 5) is 25.0. The number of halogens is 2. The molecule has 0 heterocycles. The van der Waals surface area contributed by atoms with Gasteiger partial charge in [0, 0.05) is 5.69 Å². The lowest BCUT2D eigenvalue weighted by Crippen LogP contribution is -2.21. The predicted molar refractivity (Wildman–Crippen MR) is 125 cm³/mol. The van der Waals surface area contributed by atoms with Gasteiger partial charge >= 0.3 is 5.97 Å². The monoisotopic (exact) mass is 557 g/mol. The lowest BCUT2D eigenvalue weighted by molar-refractivity contribution is -0.119. The van der Waals surface area contributed by atoms with Crippen LogP contribution in [0, 0.1) is 0 Å². The fraction of sp³-hybridized carbons (Fsp3) is 0.364. The summed E-state index contributed by atoms with van der Waals surface area (Å²) in [7, 11) is 4.33. The highest BCUT2D eigenvalue weighted by atomic mass is 79.9. The van der Waals surface area contributed by atoms with E-state index in [1.807, 2.05) is 24.3 Å². The number of hydrogen-bond donors (Lipinski definition) is 1. The van der Waals surface area contributed by atoms with Crippen molar-refractivity contribution >= 4 is 49.4 Å². The highest BCUT2D eigenvalue weighted by Crippen LogP contribution is 2.50. The molecule has 7 nitrogen and oxygen atoms in total. The number of amides is 1. The van der Waals surface area contributed by atoms with Crippen molar-refractivity contribution in [2.45, 2.75) is 26.2 Å². The van der Waals surface area contributed by atoms with Gasteiger partial charge in [0.2, 0.25) is 5.75 Å². The summed E-state index contributed by atoms with van der Waals surface area (Å²) in [5.41, 5.74) is 1.96.